The van der Waals surface area contributed by atoms with Crippen LogP contribution in [0.25, 0.3) is 10.9 Å². The molecule has 3 rings (SSSR count). The lowest BCUT2D eigenvalue weighted by molar-refractivity contribution is 0.579. The number of fused-ring (bicyclic) bond motifs is 1. The molecule has 0 unspecified atom stereocenters. The summed E-state index contributed by atoms with van der Waals surface area (Å²) in [5.74, 6) is -0.0129. The fraction of sp³-hybridized carbons (Fsp3) is 0.238. The zero-order chi connectivity index (χ0) is 21.0. The topological polar surface area (TPSA) is 94.9 Å². The zero-order valence-electron chi connectivity index (χ0n) is 16.2. The van der Waals surface area contributed by atoms with E-state index >= 15 is 0 Å². The van der Waals surface area contributed by atoms with Gasteiger partial charge in [-0.3, -0.25) is 0 Å². The van der Waals surface area contributed by atoms with Crippen molar-refractivity contribution >= 4 is 26.7 Å². The molecule has 0 bridgehead atoms. The van der Waals surface area contributed by atoms with E-state index in [0.29, 0.717) is 24.3 Å². The van der Waals surface area contributed by atoms with Gasteiger partial charge in [-0.05, 0) is 67.8 Å². The lowest BCUT2D eigenvalue weighted by Crippen LogP contribution is -2.26. The van der Waals surface area contributed by atoms with Crippen molar-refractivity contribution in [2.45, 2.75) is 25.2 Å². The fourth-order valence-corrected chi connectivity index (χ4v) is 4.12. The number of hydrogen-bond donors (Lipinski definition) is 2. The molecule has 0 atom stereocenters. The Labute approximate surface area is 169 Å². The van der Waals surface area contributed by atoms with Crippen molar-refractivity contribution in [2.75, 3.05) is 18.4 Å². The molecular formula is C21H21FN4O2S. The average Bonchev–Trinajstić information content (AvgIpc) is 2.67. The Morgan fingerprint density at radius 3 is 2.52 bits per heavy atom. The van der Waals surface area contributed by atoms with Crippen molar-refractivity contribution in [3.8, 4) is 6.07 Å². The largest absolute Gasteiger partial charge is 0.369 e. The molecule has 3 aromatic rings. The van der Waals surface area contributed by atoms with E-state index in [1.807, 2.05) is 32.0 Å². The summed E-state index contributed by atoms with van der Waals surface area (Å²) in [4.78, 5) is 4.58. The molecule has 6 nitrogen and oxygen atoms in total. The van der Waals surface area contributed by atoms with Crippen molar-refractivity contribution in [3.63, 3.8) is 0 Å². The first kappa shape index (κ1) is 20.7. The Morgan fingerprint density at radius 1 is 1.10 bits per heavy atom. The third-order valence-electron chi connectivity index (χ3n) is 4.47. The smallest absolute Gasteiger partial charge is 0.240 e. The molecule has 2 N–H and O–H groups in total. The van der Waals surface area contributed by atoms with E-state index in [9.17, 15) is 18.1 Å². The van der Waals surface area contributed by atoms with Crippen LogP contribution >= 0.6 is 0 Å². The number of nitriles is 1. The number of nitrogens with one attached hydrogen (secondary N) is 2. The second-order valence-electron chi connectivity index (χ2n) is 6.78. The van der Waals surface area contributed by atoms with Gasteiger partial charge in [-0.2, -0.15) is 5.26 Å². The number of aromatic nitrogens is 1. The van der Waals surface area contributed by atoms with Gasteiger partial charge in [0, 0.05) is 18.5 Å². The number of aryl methyl sites for hydroxylation is 2. The highest BCUT2D eigenvalue weighted by atomic mass is 32.2. The van der Waals surface area contributed by atoms with Gasteiger partial charge in [0.15, 0.2) is 0 Å². The molecule has 0 amide bonds. The van der Waals surface area contributed by atoms with Crippen LogP contribution in [-0.2, 0) is 10.0 Å². The van der Waals surface area contributed by atoms with E-state index in [0.717, 1.165) is 34.2 Å². The monoisotopic (exact) mass is 412 g/mol. The lowest BCUT2D eigenvalue weighted by Gasteiger charge is -2.11. The van der Waals surface area contributed by atoms with Gasteiger partial charge in [0.1, 0.15) is 17.7 Å². The first-order valence-corrected chi connectivity index (χ1v) is 10.6. The van der Waals surface area contributed by atoms with E-state index in [1.54, 1.807) is 0 Å². The first-order chi connectivity index (χ1) is 13.8. The maximum atomic E-state index is 12.9. The van der Waals surface area contributed by atoms with Gasteiger partial charge in [-0.25, -0.2) is 22.5 Å². The summed E-state index contributed by atoms with van der Waals surface area (Å²) in [5.41, 5.74) is 3.40. The third kappa shape index (κ3) is 4.88. The number of hydrogen-bond acceptors (Lipinski definition) is 5. The summed E-state index contributed by atoms with van der Waals surface area (Å²) < 4.78 is 39.8. The van der Waals surface area contributed by atoms with Crippen molar-refractivity contribution in [2.24, 2.45) is 0 Å². The Morgan fingerprint density at radius 2 is 1.83 bits per heavy atom. The maximum Gasteiger partial charge on any atom is 0.240 e. The van der Waals surface area contributed by atoms with E-state index in [4.69, 9.17) is 0 Å². The molecule has 0 aliphatic heterocycles. The highest BCUT2D eigenvalue weighted by molar-refractivity contribution is 7.89. The predicted octanol–water partition coefficient (Wildman–Crippen LogP) is 3.64. The van der Waals surface area contributed by atoms with Crippen molar-refractivity contribution in [3.05, 3.63) is 65.0 Å². The molecule has 1 heterocycles. The molecular weight excluding hydrogens is 391 g/mol. The number of nitrogens with zero attached hydrogens (tertiary/aromatic N) is 2. The first-order valence-electron chi connectivity index (χ1n) is 9.11. The average molecular weight is 412 g/mol. The molecule has 150 valence electrons. The summed E-state index contributed by atoms with van der Waals surface area (Å²) in [6.07, 6.45) is 0.484. The number of benzene rings is 2. The highest BCUT2D eigenvalue weighted by Crippen LogP contribution is 2.24. The molecule has 0 aliphatic carbocycles. The second-order valence-corrected chi connectivity index (χ2v) is 8.54. The van der Waals surface area contributed by atoms with Crippen LogP contribution in [0, 0.1) is 31.0 Å². The minimum atomic E-state index is -3.69. The molecule has 0 saturated carbocycles. The summed E-state index contributed by atoms with van der Waals surface area (Å²) in [6.45, 7) is 4.61. The van der Waals surface area contributed by atoms with Crippen LogP contribution in [0.3, 0.4) is 0 Å². The van der Waals surface area contributed by atoms with Crippen LogP contribution in [0.1, 0.15) is 23.1 Å². The number of anilines is 1. The van der Waals surface area contributed by atoms with Crippen LogP contribution in [0.2, 0.25) is 0 Å². The van der Waals surface area contributed by atoms with Crippen molar-refractivity contribution in [1.29, 1.82) is 5.26 Å². The number of pyridine rings is 1. The van der Waals surface area contributed by atoms with Crippen molar-refractivity contribution in [1.82, 2.24) is 9.71 Å². The SMILES string of the molecule is Cc1cc(C)c2cc(C#N)c(NCCCNS(=O)(=O)c3ccc(F)cc3)nc2c1. The Bertz CT molecular complexity index is 1190. The number of sulfonamides is 1. The van der Waals surface area contributed by atoms with Crippen LogP contribution in [0.15, 0.2) is 47.4 Å². The molecule has 0 aliphatic rings. The molecule has 8 heteroatoms. The van der Waals surface area contributed by atoms with Crippen LogP contribution < -0.4 is 10.0 Å². The molecule has 0 spiro atoms. The van der Waals surface area contributed by atoms with Gasteiger partial charge < -0.3 is 5.32 Å². The minimum Gasteiger partial charge on any atom is -0.369 e. The molecule has 0 radical (unpaired) electrons. The number of rotatable bonds is 7. The standard InChI is InChI=1S/C21H21FN4O2S/c1-14-10-15(2)19-12-16(13-23)21(26-20(19)11-14)24-8-3-9-25-29(27,28)18-6-4-17(22)5-7-18/h4-7,10-12,25H,3,8-9H2,1-2H3,(H,24,26). The molecule has 1 aromatic heterocycles. The van der Waals surface area contributed by atoms with Crippen LogP contribution in [-0.4, -0.2) is 26.5 Å². The maximum absolute atomic E-state index is 12.9. The van der Waals surface area contributed by atoms with E-state index in [-0.39, 0.29) is 11.4 Å². The summed E-state index contributed by atoms with van der Waals surface area (Å²) in [6, 6.07) is 12.6. The Balaban J connectivity index is 1.62. The lowest BCUT2D eigenvalue weighted by atomic mass is 10.0. The van der Waals surface area contributed by atoms with Crippen LogP contribution in [0.4, 0.5) is 10.2 Å². The highest BCUT2D eigenvalue weighted by Gasteiger charge is 2.13. The van der Waals surface area contributed by atoms with Crippen LogP contribution in [0.5, 0.6) is 0 Å². The normalized spacial score (nSPS) is 11.4. The Kier molecular flexibility index (Phi) is 6.11. The van der Waals surface area contributed by atoms with E-state index in [2.05, 4.69) is 21.1 Å². The molecule has 0 saturated heterocycles. The molecule has 2 aromatic carbocycles. The number of halogens is 1. The quantitative estimate of drug-likeness (QED) is 0.578. The zero-order valence-corrected chi connectivity index (χ0v) is 17.0. The van der Waals surface area contributed by atoms with Gasteiger partial charge in [0.25, 0.3) is 0 Å². The van der Waals surface area contributed by atoms with Crippen molar-refractivity contribution < 1.29 is 12.8 Å². The molecule has 29 heavy (non-hydrogen) atoms. The fourth-order valence-electron chi connectivity index (χ4n) is 3.05. The van der Waals surface area contributed by atoms with Gasteiger partial charge in [0.05, 0.1) is 16.0 Å². The second kappa shape index (κ2) is 8.55. The summed E-state index contributed by atoms with van der Waals surface area (Å²) in [7, 11) is -3.69. The van der Waals surface area contributed by atoms with E-state index < -0.39 is 15.8 Å². The van der Waals surface area contributed by atoms with Gasteiger partial charge in [-0.15, -0.1) is 0 Å². The summed E-state index contributed by atoms with van der Waals surface area (Å²) in [5, 5.41) is 13.5. The van der Waals surface area contributed by atoms with Gasteiger partial charge in [0.2, 0.25) is 10.0 Å². The predicted molar refractivity (Wildman–Crippen MR) is 111 cm³/mol. The van der Waals surface area contributed by atoms with Gasteiger partial charge in [-0.1, -0.05) is 6.07 Å². The molecule has 0 fully saturated rings. The minimum absolute atomic E-state index is 0.0144. The summed E-state index contributed by atoms with van der Waals surface area (Å²) >= 11 is 0. The third-order valence-corrected chi connectivity index (χ3v) is 5.94. The van der Waals surface area contributed by atoms with Gasteiger partial charge >= 0.3 is 0 Å². The Hall–Kier alpha value is -3.02. The van der Waals surface area contributed by atoms with E-state index in [1.165, 1.54) is 12.1 Å².